The van der Waals surface area contributed by atoms with Gasteiger partial charge in [-0.15, -0.1) is 0 Å². The van der Waals surface area contributed by atoms with Crippen molar-refractivity contribution in [2.75, 3.05) is 47.5 Å². The number of aliphatic carboxylic acids is 2. The summed E-state index contributed by atoms with van der Waals surface area (Å²) >= 11 is 0. The van der Waals surface area contributed by atoms with Crippen molar-refractivity contribution in [2.24, 2.45) is 0 Å². The Morgan fingerprint density at radius 2 is 0.955 bits per heavy atom. The van der Waals surface area contributed by atoms with E-state index < -0.39 is 33.0 Å². The average molecular weight is 652 g/mol. The third-order valence-electron chi connectivity index (χ3n) is 8.50. The van der Waals surface area contributed by atoms with Crippen LogP contribution in [0.5, 0.6) is 0 Å². The Balaban J connectivity index is 0. The summed E-state index contributed by atoms with van der Waals surface area (Å²) in [5, 5.41) is 34.1. The van der Waals surface area contributed by atoms with Crippen LogP contribution < -0.4 is 5.11 Å². The second-order valence-corrected chi connectivity index (χ2v) is 15.2. The zero-order valence-corrected chi connectivity index (χ0v) is 30.2. The number of rotatable bonds is 30. The molecule has 0 spiro atoms. The highest BCUT2D eigenvalue weighted by Gasteiger charge is 2.41. The first-order valence-electron chi connectivity index (χ1n) is 17.3. The molecule has 0 aliphatic heterocycles. The molecule has 0 heterocycles. The van der Waals surface area contributed by atoms with E-state index in [1.54, 1.807) is 21.3 Å². The largest absolute Gasteiger partial charge is 0.547 e. The lowest BCUT2D eigenvalue weighted by Gasteiger charge is -2.40. The van der Waals surface area contributed by atoms with Crippen LogP contribution in [0.25, 0.3) is 0 Å². The number of nitrogens with zero attached hydrogens (tertiary/aromatic N) is 1. The number of hydrogen-bond donors (Lipinski definition) is 3. The first-order valence-corrected chi connectivity index (χ1v) is 19.3. The molecule has 0 aromatic carbocycles. The van der Waals surface area contributed by atoms with Gasteiger partial charge in [0, 0.05) is 21.3 Å². The molecule has 0 aromatic heterocycles. The van der Waals surface area contributed by atoms with Crippen LogP contribution in [0.4, 0.5) is 0 Å². The maximum absolute atomic E-state index is 9.74. The quantitative estimate of drug-likeness (QED) is 0.0535. The van der Waals surface area contributed by atoms with Gasteiger partial charge in [-0.1, -0.05) is 111 Å². The van der Waals surface area contributed by atoms with Crippen LogP contribution in [0.2, 0.25) is 6.04 Å². The molecule has 0 rings (SSSR count). The number of unbranched alkanes of at least 4 members (excludes halogenated alkanes) is 15. The van der Waals surface area contributed by atoms with E-state index in [4.69, 9.17) is 28.6 Å². The fourth-order valence-corrected chi connectivity index (χ4v) is 7.67. The van der Waals surface area contributed by atoms with Crippen molar-refractivity contribution in [1.29, 1.82) is 0 Å². The molecule has 44 heavy (non-hydrogen) atoms. The molecule has 0 radical (unpaired) electrons. The van der Waals surface area contributed by atoms with Gasteiger partial charge in [-0.05, 0) is 25.7 Å². The Kier molecular flexibility index (Phi) is 30.0. The van der Waals surface area contributed by atoms with E-state index in [1.807, 2.05) is 0 Å². The molecule has 0 bridgehead atoms. The zero-order valence-electron chi connectivity index (χ0n) is 29.2. The molecule has 0 amide bonds. The topological polar surface area (TPSA) is 146 Å². The minimum atomic E-state index is -2.49. The highest BCUT2D eigenvalue weighted by molar-refractivity contribution is 6.60. The van der Waals surface area contributed by atoms with Gasteiger partial charge in [-0.3, -0.25) is 0 Å². The number of aliphatic hydroxyl groups excluding tert-OH is 2. The summed E-state index contributed by atoms with van der Waals surface area (Å²) in [6.07, 6.45) is 20.7. The molecule has 0 fully saturated rings. The molecule has 0 saturated carbocycles. The smallest absolute Gasteiger partial charge is 0.505 e. The number of carbonyl (C=O) groups excluding carboxylic acids is 1. The second-order valence-electron chi connectivity index (χ2n) is 12.1. The van der Waals surface area contributed by atoms with Gasteiger partial charge < -0.3 is 43.0 Å². The van der Waals surface area contributed by atoms with Gasteiger partial charge >= 0.3 is 14.8 Å². The van der Waals surface area contributed by atoms with Crippen LogP contribution in [0.1, 0.15) is 136 Å². The van der Waals surface area contributed by atoms with Gasteiger partial charge in [0.05, 0.1) is 38.2 Å². The monoisotopic (exact) mass is 651 g/mol. The number of aliphatic hydroxyl groups is 2. The Bertz CT molecular complexity index is 647. The number of carbonyl (C=O) groups is 2. The Morgan fingerprint density at radius 1 is 0.591 bits per heavy atom. The fraction of sp³-hybridized carbons (Fsp3) is 0.939. The number of carboxylic acid groups (broad SMARTS) is 2. The Morgan fingerprint density at radius 3 is 1.23 bits per heavy atom. The fourth-order valence-electron chi connectivity index (χ4n) is 5.81. The molecule has 0 aliphatic carbocycles. The third-order valence-corrected chi connectivity index (χ3v) is 11.2. The third kappa shape index (κ3) is 22.4. The molecule has 2 atom stereocenters. The molecule has 264 valence electrons. The number of carboxylic acids is 2. The van der Waals surface area contributed by atoms with Crippen LogP contribution >= 0.6 is 0 Å². The van der Waals surface area contributed by atoms with E-state index in [-0.39, 0.29) is 0 Å². The van der Waals surface area contributed by atoms with Gasteiger partial charge in [0.25, 0.3) is 0 Å². The highest BCUT2D eigenvalue weighted by atomic mass is 28.4. The van der Waals surface area contributed by atoms with E-state index in [1.165, 1.54) is 140 Å². The van der Waals surface area contributed by atoms with Crippen molar-refractivity contribution < 1.29 is 47.8 Å². The lowest BCUT2D eigenvalue weighted by atomic mass is 10.0. The summed E-state index contributed by atoms with van der Waals surface area (Å²) < 4.78 is 18.3. The summed E-state index contributed by atoms with van der Waals surface area (Å²) in [6, 6.07) is 0.912. The summed E-state index contributed by atoms with van der Waals surface area (Å²) in [4.78, 5) is 19.4. The van der Waals surface area contributed by atoms with Gasteiger partial charge in [0.1, 0.15) is 6.10 Å². The SMILES string of the molecule is CCCCCCCCCCCCCCCCCC[N+](CCC)(CCC)CC[Si](OC)(OC)OC.O=C([O-])C(O)C(O)C(=O)O. The Hall–Kier alpha value is -1.08. The van der Waals surface area contributed by atoms with Crippen molar-refractivity contribution in [3.05, 3.63) is 0 Å². The highest BCUT2D eigenvalue weighted by Crippen LogP contribution is 2.21. The molecule has 11 heteroatoms. The molecular formula is C33H69NO9Si. The number of quaternary nitrogens is 1. The van der Waals surface area contributed by atoms with E-state index >= 15 is 0 Å². The maximum atomic E-state index is 9.74. The predicted octanol–water partition coefficient (Wildman–Crippen LogP) is 5.31. The van der Waals surface area contributed by atoms with Crippen LogP contribution in [0.15, 0.2) is 0 Å². The van der Waals surface area contributed by atoms with Crippen LogP contribution in [-0.2, 0) is 22.9 Å². The van der Waals surface area contributed by atoms with Crippen molar-refractivity contribution in [1.82, 2.24) is 0 Å². The van der Waals surface area contributed by atoms with Crippen molar-refractivity contribution in [3.63, 3.8) is 0 Å². The molecule has 0 aromatic rings. The molecule has 3 N–H and O–H groups in total. The van der Waals surface area contributed by atoms with Gasteiger partial charge in [-0.25, -0.2) is 4.79 Å². The molecule has 2 unspecified atom stereocenters. The normalized spacial score (nSPS) is 13.3. The van der Waals surface area contributed by atoms with E-state index in [2.05, 4.69) is 20.8 Å². The standard InChI is InChI=1S/C29H64NO3Si.C4H6O6/c1-7-10-11-12-13-14-15-16-17-18-19-20-21-22-23-24-27-30(25-8-2,26-9-3)28-29-34(31-4,32-5)33-6;5-1(3(7)8)2(6)4(9)10/h7-29H2,1-6H3;1-2,5-6H,(H,7,8)(H,9,10)/q+1;/p-1. The summed E-state index contributed by atoms with van der Waals surface area (Å²) in [6.45, 7) is 11.9. The molecule has 0 saturated heterocycles. The zero-order chi connectivity index (χ0) is 33.7. The van der Waals surface area contributed by atoms with Crippen LogP contribution in [0, 0.1) is 0 Å². The minimum absolute atomic E-state index is 0.912. The summed E-state index contributed by atoms with van der Waals surface area (Å²) in [5.74, 6) is -3.83. The lowest BCUT2D eigenvalue weighted by molar-refractivity contribution is -0.927. The van der Waals surface area contributed by atoms with Crippen LogP contribution in [-0.4, -0.2) is 100 Å². The Labute approximate surface area is 270 Å². The molecule has 0 aliphatic rings. The lowest BCUT2D eigenvalue weighted by Crippen LogP contribution is -2.54. The average Bonchev–Trinajstić information content (AvgIpc) is 3.01. The minimum Gasteiger partial charge on any atom is -0.547 e. The molecular weight excluding hydrogens is 582 g/mol. The van der Waals surface area contributed by atoms with E-state index in [0.717, 1.165) is 12.6 Å². The van der Waals surface area contributed by atoms with Gasteiger partial charge in [-0.2, -0.15) is 0 Å². The second kappa shape index (κ2) is 29.3. The van der Waals surface area contributed by atoms with Crippen molar-refractivity contribution in [2.45, 2.75) is 155 Å². The van der Waals surface area contributed by atoms with Gasteiger partial charge in [0.2, 0.25) is 0 Å². The first-order chi connectivity index (χ1) is 21.0. The first kappa shape index (κ1) is 45.0. The van der Waals surface area contributed by atoms with E-state index in [0.29, 0.717) is 0 Å². The summed E-state index contributed by atoms with van der Waals surface area (Å²) in [5.41, 5.74) is 0. The molecule has 10 nitrogen and oxygen atoms in total. The van der Waals surface area contributed by atoms with Crippen molar-refractivity contribution >= 4 is 20.7 Å². The predicted molar refractivity (Wildman–Crippen MR) is 176 cm³/mol. The van der Waals surface area contributed by atoms with E-state index in [9.17, 15) is 14.7 Å². The van der Waals surface area contributed by atoms with Gasteiger partial charge in [0.15, 0.2) is 6.10 Å². The van der Waals surface area contributed by atoms with Crippen molar-refractivity contribution in [3.8, 4) is 0 Å². The number of hydrogen-bond acceptors (Lipinski definition) is 8. The maximum Gasteiger partial charge on any atom is 0.505 e. The van der Waals surface area contributed by atoms with Crippen LogP contribution in [0.3, 0.4) is 0 Å². The summed E-state index contributed by atoms with van der Waals surface area (Å²) in [7, 11) is 2.73.